The van der Waals surface area contributed by atoms with Crippen molar-refractivity contribution in [3.8, 4) is 0 Å². The second-order valence-electron chi connectivity index (χ2n) is 4.32. The summed E-state index contributed by atoms with van der Waals surface area (Å²) in [5, 5.41) is 4.64. The maximum atomic E-state index is 13.5. The number of fused-ring (bicyclic) bond motifs is 1. The van der Waals surface area contributed by atoms with Crippen molar-refractivity contribution >= 4 is 22.4 Å². The van der Waals surface area contributed by atoms with Crippen LogP contribution in [0.15, 0.2) is 60.8 Å². The molecular formula is C16H11FN2O. The van der Waals surface area contributed by atoms with Crippen molar-refractivity contribution in [1.82, 2.24) is 4.98 Å². The zero-order valence-corrected chi connectivity index (χ0v) is 10.5. The molecule has 1 aromatic heterocycles. The number of rotatable bonds is 2. The van der Waals surface area contributed by atoms with Gasteiger partial charge in [-0.05, 0) is 23.6 Å². The van der Waals surface area contributed by atoms with Crippen molar-refractivity contribution in [2.45, 2.75) is 0 Å². The number of hydrogen-bond donors (Lipinski definition) is 1. The summed E-state index contributed by atoms with van der Waals surface area (Å²) in [6, 6.07) is 16.2. The molecule has 0 saturated carbocycles. The molecule has 3 aromatic rings. The average molecular weight is 266 g/mol. The van der Waals surface area contributed by atoms with Crippen molar-refractivity contribution in [3.63, 3.8) is 0 Å². The number of benzene rings is 2. The summed E-state index contributed by atoms with van der Waals surface area (Å²) >= 11 is 0. The first kappa shape index (κ1) is 12.3. The SMILES string of the molecule is O=C(Nc1cccc2ccccc12)c1cccnc1F. The maximum Gasteiger partial charge on any atom is 0.260 e. The van der Waals surface area contributed by atoms with Gasteiger partial charge in [0.2, 0.25) is 5.95 Å². The summed E-state index contributed by atoms with van der Waals surface area (Å²) in [5.74, 6) is -1.28. The molecule has 20 heavy (non-hydrogen) atoms. The largest absolute Gasteiger partial charge is 0.321 e. The minimum absolute atomic E-state index is 0.0690. The zero-order valence-electron chi connectivity index (χ0n) is 10.5. The molecule has 0 saturated heterocycles. The predicted molar refractivity (Wildman–Crippen MR) is 76.1 cm³/mol. The molecule has 4 heteroatoms. The Balaban J connectivity index is 1.98. The lowest BCUT2D eigenvalue weighted by molar-refractivity contribution is 0.102. The highest BCUT2D eigenvalue weighted by molar-refractivity contribution is 6.09. The number of carbonyl (C=O) groups excluding carboxylic acids is 1. The highest BCUT2D eigenvalue weighted by Gasteiger charge is 2.13. The molecule has 98 valence electrons. The van der Waals surface area contributed by atoms with Gasteiger partial charge in [0, 0.05) is 17.3 Å². The third-order valence-corrected chi connectivity index (χ3v) is 3.04. The van der Waals surface area contributed by atoms with Crippen molar-refractivity contribution in [3.05, 3.63) is 72.3 Å². The maximum absolute atomic E-state index is 13.5. The number of nitrogens with zero attached hydrogens (tertiary/aromatic N) is 1. The second-order valence-corrected chi connectivity index (χ2v) is 4.32. The van der Waals surface area contributed by atoms with Crippen molar-refractivity contribution in [2.75, 3.05) is 5.32 Å². The lowest BCUT2D eigenvalue weighted by Gasteiger charge is -2.08. The van der Waals surface area contributed by atoms with Gasteiger partial charge in [-0.3, -0.25) is 4.79 Å². The first-order valence-corrected chi connectivity index (χ1v) is 6.15. The van der Waals surface area contributed by atoms with Crippen molar-refractivity contribution < 1.29 is 9.18 Å². The minimum atomic E-state index is -0.773. The minimum Gasteiger partial charge on any atom is -0.321 e. The summed E-state index contributed by atoms with van der Waals surface area (Å²) in [6.45, 7) is 0. The normalized spacial score (nSPS) is 10.4. The molecule has 0 aliphatic heterocycles. The van der Waals surface area contributed by atoms with E-state index in [0.29, 0.717) is 5.69 Å². The van der Waals surface area contributed by atoms with Crippen LogP contribution < -0.4 is 5.32 Å². The van der Waals surface area contributed by atoms with Crippen LogP contribution in [0.3, 0.4) is 0 Å². The number of hydrogen-bond acceptors (Lipinski definition) is 2. The Labute approximate surface area is 115 Å². The lowest BCUT2D eigenvalue weighted by atomic mass is 10.1. The molecule has 1 amide bonds. The monoisotopic (exact) mass is 266 g/mol. The van der Waals surface area contributed by atoms with Crippen LogP contribution in [0.5, 0.6) is 0 Å². The highest BCUT2D eigenvalue weighted by atomic mass is 19.1. The zero-order chi connectivity index (χ0) is 13.9. The van der Waals surface area contributed by atoms with Crippen LogP contribution in [0.4, 0.5) is 10.1 Å². The van der Waals surface area contributed by atoms with Gasteiger partial charge in [0.1, 0.15) is 0 Å². The molecule has 0 radical (unpaired) electrons. The molecule has 1 heterocycles. The van der Waals surface area contributed by atoms with Crippen LogP contribution >= 0.6 is 0 Å². The van der Waals surface area contributed by atoms with Crippen LogP contribution in [0.2, 0.25) is 0 Å². The Kier molecular flexibility index (Phi) is 3.13. The molecule has 0 aliphatic carbocycles. The predicted octanol–water partition coefficient (Wildman–Crippen LogP) is 3.63. The molecule has 0 spiro atoms. The molecule has 3 nitrogen and oxygen atoms in total. The molecule has 0 aliphatic rings. The van der Waals surface area contributed by atoms with Crippen LogP contribution in [-0.2, 0) is 0 Å². The van der Waals surface area contributed by atoms with Gasteiger partial charge in [0.25, 0.3) is 5.91 Å². The molecule has 0 bridgehead atoms. The number of aromatic nitrogens is 1. The number of pyridine rings is 1. The first-order chi connectivity index (χ1) is 9.75. The fraction of sp³-hybridized carbons (Fsp3) is 0. The number of amides is 1. The fourth-order valence-corrected chi connectivity index (χ4v) is 2.08. The summed E-state index contributed by atoms with van der Waals surface area (Å²) in [7, 11) is 0. The Morgan fingerprint density at radius 1 is 1.00 bits per heavy atom. The Morgan fingerprint density at radius 3 is 2.65 bits per heavy atom. The topological polar surface area (TPSA) is 42.0 Å². The first-order valence-electron chi connectivity index (χ1n) is 6.15. The standard InChI is InChI=1S/C16H11FN2O/c17-15-13(8-4-10-18-15)16(20)19-14-9-3-6-11-5-1-2-7-12(11)14/h1-10H,(H,19,20). The van der Waals surface area contributed by atoms with E-state index in [0.717, 1.165) is 10.8 Å². The van der Waals surface area contributed by atoms with E-state index in [4.69, 9.17) is 0 Å². The van der Waals surface area contributed by atoms with E-state index in [1.54, 1.807) is 6.07 Å². The van der Waals surface area contributed by atoms with Crippen molar-refractivity contribution in [2.24, 2.45) is 0 Å². The van der Waals surface area contributed by atoms with E-state index in [1.807, 2.05) is 36.4 Å². The van der Waals surface area contributed by atoms with Gasteiger partial charge in [-0.25, -0.2) is 4.98 Å². The quantitative estimate of drug-likeness (QED) is 0.720. The lowest BCUT2D eigenvalue weighted by Crippen LogP contribution is -2.14. The van der Waals surface area contributed by atoms with E-state index >= 15 is 0 Å². The number of anilines is 1. The average Bonchev–Trinajstić information content (AvgIpc) is 2.48. The third kappa shape index (κ3) is 2.23. The van der Waals surface area contributed by atoms with Crippen LogP contribution in [0.25, 0.3) is 10.8 Å². The molecule has 1 N–H and O–H groups in total. The molecule has 3 rings (SSSR count). The molecule has 0 fully saturated rings. The number of carbonyl (C=O) groups is 1. The van der Waals surface area contributed by atoms with Gasteiger partial charge < -0.3 is 5.32 Å². The van der Waals surface area contributed by atoms with E-state index in [-0.39, 0.29) is 5.56 Å². The second kappa shape index (κ2) is 5.09. The van der Waals surface area contributed by atoms with E-state index in [1.165, 1.54) is 18.3 Å². The fourth-order valence-electron chi connectivity index (χ4n) is 2.08. The van der Waals surface area contributed by atoms with Gasteiger partial charge in [-0.2, -0.15) is 4.39 Å². The van der Waals surface area contributed by atoms with Gasteiger partial charge in [0.05, 0.1) is 5.56 Å². The molecule has 0 atom stereocenters. The summed E-state index contributed by atoms with van der Waals surface area (Å²) in [6.07, 6.45) is 1.31. The van der Waals surface area contributed by atoms with Gasteiger partial charge in [0.15, 0.2) is 0 Å². The Hall–Kier alpha value is -2.75. The Bertz CT molecular complexity index is 781. The molecular weight excluding hydrogens is 255 g/mol. The van der Waals surface area contributed by atoms with E-state index in [2.05, 4.69) is 10.3 Å². The summed E-state index contributed by atoms with van der Waals surface area (Å²) in [5.41, 5.74) is 0.580. The van der Waals surface area contributed by atoms with Crippen molar-refractivity contribution in [1.29, 1.82) is 0 Å². The van der Waals surface area contributed by atoms with Gasteiger partial charge in [-0.1, -0.05) is 36.4 Å². The van der Waals surface area contributed by atoms with Crippen LogP contribution in [-0.4, -0.2) is 10.9 Å². The number of halogens is 1. The van der Waals surface area contributed by atoms with Crippen LogP contribution in [0.1, 0.15) is 10.4 Å². The third-order valence-electron chi connectivity index (χ3n) is 3.04. The summed E-state index contributed by atoms with van der Waals surface area (Å²) < 4.78 is 13.5. The molecule has 2 aromatic carbocycles. The van der Waals surface area contributed by atoms with E-state index in [9.17, 15) is 9.18 Å². The van der Waals surface area contributed by atoms with Gasteiger partial charge in [-0.15, -0.1) is 0 Å². The highest BCUT2D eigenvalue weighted by Crippen LogP contribution is 2.23. The molecule has 0 unspecified atom stereocenters. The van der Waals surface area contributed by atoms with Gasteiger partial charge >= 0.3 is 0 Å². The smallest absolute Gasteiger partial charge is 0.260 e. The van der Waals surface area contributed by atoms with Crippen LogP contribution in [0, 0.1) is 5.95 Å². The Morgan fingerprint density at radius 2 is 1.80 bits per heavy atom. The summed E-state index contributed by atoms with van der Waals surface area (Å²) in [4.78, 5) is 15.6. The number of nitrogens with one attached hydrogen (secondary N) is 1. The van der Waals surface area contributed by atoms with E-state index < -0.39 is 11.9 Å².